The molecule has 0 aliphatic carbocycles. The van der Waals surface area contributed by atoms with E-state index in [1.165, 1.54) is 31.3 Å². The summed E-state index contributed by atoms with van der Waals surface area (Å²) in [5.74, 6) is 0.322. The summed E-state index contributed by atoms with van der Waals surface area (Å²) in [6.07, 6.45) is 1.37. The zero-order valence-electron chi connectivity index (χ0n) is 16.6. The maximum Gasteiger partial charge on any atom is 0.243 e. The number of halogens is 1. The number of carbonyl (C=O) groups excluding carboxylic acids is 2. The molecule has 1 fully saturated rings. The largest absolute Gasteiger partial charge is 0.339 e. The first-order valence-corrected chi connectivity index (χ1v) is 11.2. The van der Waals surface area contributed by atoms with E-state index in [1.54, 1.807) is 9.80 Å². The minimum Gasteiger partial charge on any atom is -0.339 e. The molecule has 0 radical (unpaired) electrons. The molecule has 0 saturated carbocycles. The fourth-order valence-electron chi connectivity index (χ4n) is 2.94. The molecule has 2 amide bonds. The van der Waals surface area contributed by atoms with E-state index in [0.717, 1.165) is 10.7 Å². The minimum absolute atomic E-state index is 0.0905. The Hall–Kier alpha value is -1.64. The van der Waals surface area contributed by atoms with E-state index < -0.39 is 10.0 Å². The van der Waals surface area contributed by atoms with Crippen LogP contribution in [0.5, 0.6) is 0 Å². The first-order chi connectivity index (χ1) is 13.1. The van der Waals surface area contributed by atoms with Crippen LogP contribution in [0.3, 0.4) is 0 Å². The molecule has 1 aromatic rings. The maximum absolute atomic E-state index is 12.6. The van der Waals surface area contributed by atoms with Crippen LogP contribution in [0.25, 0.3) is 0 Å². The number of amides is 2. The molecule has 0 N–H and O–H groups in total. The van der Waals surface area contributed by atoms with Crippen LogP contribution < -0.4 is 0 Å². The number of nitrogens with zero attached hydrogens (tertiary/aromatic N) is 3. The quantitative estimate of drug-likeness (QED) is 0.664. The Morgan fingerprint density at radius 2 is 1.54 bits per heavy atom. The smallest absolute Gasteiger partial charge is 0.243 e. The zero-order chi connectivity index (χ0) is 20.9. The van der Waals surface area contributed by atoms with Crippen LogP contribution in [-0.4, -0.2) is 74.1 Å². The van der Waals surface area contributed by atoms with Crippen molar-refractivity contribution in [1.82, 2.24) is 14.1 Å². The number of likely N-dealkylation sites (N-methyl/N-ethyl adjacent to an activating group) is 1. The van der Waals surface area contributed by atoms with Gasteiger partial charge in [-0.3, -0.25) is 9.59 Å². The molecule has 0 aromatic heterocycles. The number of hydrogen-bond acceptors (Lipinski definition) is 4. The molecule has 0 bridgehead atoms. The maximum atomic E-state index is 12.6. The molecular formula is C19H28ClN3O4S. The molecule has 1 heterocycles. The monoisotopic (exact) mass is 429 g/mol. The molecule has 7 nitrogen and oxygen atoms in total. The van der Waals surface area contributed by atoms with E-state index in [0.29, 0.717) is 43.5 Å². The summed E-state index contributed by atoms with van der Waals surface area (Å²) >= 11 is 5.80. The standard InChI is InChI=1S/C19H28ClN3O4S/c1-15(2)4-9-18(24)22-10-12-23(13-11-22)19(25)14-21(3)28(26,27)17-7-5-16(20)6-8-17/h5-8,15H,4,9-14H2,1-3H3. The Morgan fingerprint density at radius 3 is 2.04 bits per heavy atom. The number of hydrogen-bond donors (Lipinski definition) is 0. The van der Waals surface area contributed by atoms with E-state index in [-0.39, 0.29) is 23.3 Å². The number of piperazine rings is 1. The molecule has 1 aliphatic rings. The Labute approximate surface area is 172 Å². The minimum atomic E-state index is -3.77. The summed E-state index contributed by atoms with van der Waals surface area (Å²) in [4.78, 5) is 28.2. The molecule has 0 spiro atoms. The summed E-state index contributed by atoms with van der Waals surface area (Å²) in [6, 6.07) is 5.83. The molecule has 9 heteroatoms. The van der Waals surface area contributed by atoms with Gasteiger partial charge in [0, 0.05) is 44.7 Å². The number of benzene rings is 1. The van der Waals surface area contributed by atoms with Crippen molar-refractivity contribution in [3.63, 3.8) is 0 Å². The second-order valence-corrected chi connectivity index (χ2v) is 9.89. The normalized spacial score (nSPS) is 15.4. The van der Waals surface area contributed by atoms with Crippen molar-refractivity contribution in [2.24, 2.45) is 5.92 Å². The predicted octanol–water partition coefficient (Wildman–Crippen LogP) is 2.07. The second-order valence-electron chi connectivity index (χ2n) is 7.41. The predicted molar refractivity (Wildman–Crippen MR) is 108 cm³/mol. The molecule has 156 valence electrons. The number of carbonyl (C=O) groups is 2. The van der Waals surface area contributed by atoms with Crippen LogP contribution in [0, 0.1) is 5.92 Å². The van der Waals surface area contributed by atoms with E-state index in [9.17, 15) is 18.0 Å². The molecule has 28 heavy (non-hydrogen) atoms. The van der Waals surface area contributed by atoms with Crippen molar-refractivity contribution in [2.75, 3.05) is 39.8 Å². The summed E-state index contributed by atoms with van der Waals surface area (Å²) in [5, 5.41) is 0.443. The molecule has 1 saturated heterocycles. The summed E-state index contributed by atoms with van der Waals surface area (Å²) < 4.78 is 26.2. The third kappa shape index (κ3) is 5.93. The van der Waals surface area contributed by atoms with Crippen LogP contribution in [0.1, 0.15) is 26.7 Å². The fraction of sp³-hybridized carbons (Fsp3) is 0.579. The van der Waals surface area contributed by atoms with Crippen LogP contribution in [-0.2, 0) is 19.6 Å². The Kier molecular flexibility index (Phi) is 7.86. The van der Waals surface area contributed by atoms with Gasteiger partial charge in [0.2, 0.25) is 21.8 Å². The van der Waals surface area contributed by atoms with Crippen LogP contribution >= 0.6 is 11.6 Å². The summed E-state index contributed by atoms with van der Waals surface area (Å²) in [5.41, 5.74) is 0. The average Bonchev–Trinajstić information content (AvgIpc) is 2.66. The van der Waals surface area contributed by atoms with Crippen LogP contribution in [0.4, 0.5) is 0 Å². The molecule has 0 unspecified atom stereocenters. The lowest BCUT2D eigenvalue weighted by molar-refractivity contribution is -0.139. The van der Waals surface area contributed by atoms with Crippen LogP contribution in [0.15, 0.2) is 29.2 Å². The SMILES string of the molecule is CC(C)CCC(=O)N1CCN(C(=O)CN(C)S(=O)(=O)c2ccc(Cl)cc2)CC1. The van der Waals surface area contributed by atoms with Gasteiger partial charge >= 0.3 is 0 Å². The zero-order valence-corrected chi connectivity index (χ0v) is 18.2. The Balaban J connectivity index is 1.88. The molecular weight excluding hydrogens is 402 g/mol. The van der Waals surface area contributed by atoms with Crippen molar-refractivity contribution in [3.8, 4) is 0 Å². The topological polar surface area (TPSA) is 78.0 Å². The summed E-state index contributed by atoms with van der Waals surface area (Å²) in [6.45, 7) is 5.72. The first-order valence-electron chi connectivity index (χ1n) is 9.38. The number of sulfonamides is 1. The van der Waals surface area contributed by atoms with Gasteiger partial charge < -0.3 is 9.80 Å². The van der Waals surface area contributed by atoms with Gasteiger partial charge in [-0.05, 0) is 36.6 Å². The van der Waals surface area contributed by atoms with Gasteiger partial charge in [-0.15, -0.1) is 0 Å². The van der Waals surface area contributed by atoms with Crippen molar-refractivity contribution in [3.05, 3.63) is 29.3 Å². The van der Waals surface area contributed by atoms with Gasteiger partial charge in [0.05, 0.1) is 11.4 Å². The van der Waals surface area contributed by atoms with E-state index in [4.69, 9.17) is 11.6 Å². The third-order valence-corrected chi connectivity index (χ3v) is 6.87. The van der Waals surface area contributed by atoms with Crippen molar-refractivity contribution >= 4 is 33.4 Å². The highest BCUT2D eigenvalue weighted by molar-refractivity contribution is 7.89. The molecule has 0 atom stereocenters. The van der Waals surface area contributed by atoms with Gasteiger partial charge in [0.1, 0.15) is 0 Å². The van der Waals surface area contributed by atoms with Gasteiger partial charge in [-0.1, -0.05) is 25.4 Å². The Bertz CT molecular complexity index is 788. The van der Waals surface area contributed by atoms with Crippen molar-refractivity contribution in [2.45, 2.75) is 31.6 Å². The van der Waals surface area contributed by atoms with Crippen molar-refractivity contribution in [1.29, 1.82) is 0 Å². The lowest BCUT2D eigenvalue weighted by Crippen LogP contribution is -2.52. The fourth-order valence-corrected chi connectivity index (χ4v) is 4.18. The van der Waals surface area contributed by atoms with Gasteiger partial charge in [0.15, 0.2) is 0 Å². The first kappa shape index (κ1) is 22.6. The van der Waals surface area contributed by atoms with E-state index in [1.807, 2.05) is 0 Å². The number of rotatable bonds is 7. The van der Waals surface area contributed by atoms with E-state index >= 15 is 0 Å². The second kappa shape index (κ2) is 9.71. The third-order valence-electron chi connectivity index (χ3n) is 4.80. The lowest BCUT2D eigenvalue weighted by Gasteiger charge is -2.35. The van der Waals surface area contributed by atoms with Crippen molar-refractivity contribution < 1.29 is 18.0 Å². The highest BCUT2D eigenvalue weighted by atomic mass is 35.5. The molecule has 1 aliphatic heterocycles. The summed E-state index contributed by atoms with van der Waals surface area (Å²) in [7, 11) is -2.38. The Morgan fingerprint density at radius 1 is 1.04 bits per heavy atom. The van der Waals surface area contributed by atoms with Gasteiger partial charge in [-0.25, -0.2) is 8.42 Å². The highest BCUT2D eigenvalue weighted by Gasteiger charge is 2.28. The molecule has 1 aromatic carbocycles. The van der Waals surface area contributed by atoms with Crippen LogP contribution in [0.2, 0.25) is 5.02 Å². The van der Waals surface area contributed by atoms with Gasteiger partial charge in [0.25, 0.3) is 0 Å². The van der Waals surface area contributed by atoms with Gasteiger partial charge in [-0.2, -0.15) is 4.31 Å². The average molecular weight is 430 g/mol. The highest BCUT2D eigenvalue weighted by Crippen LogP contribution is 2.18. The lowest BCUT2D eigenvalue weighted by atomic mass is 10.1. The van der Waals surface area contributed by atoms with E-state index in [2.05, 4.69) is 13.8 Å². The molecule has 2 rings (SSSR count).